The lowest BCUT2D eigenvalue weighted by Crippen LogP contribution is -2.13. The van der Waals surface area contributed by atoms with Crippen LogP contribution in [0.2, 0.25) is 0 Å². The van der Waals surface area contributed by atoms with Gasteiger partial charge in [-0.05, 0) is 43.3 Å². The van der Waals surface area contributed by atoms with Gasteiger partial charge >= 0.3 is 0 Å². The van der Waals surface area contributed by atoms with Crippen LogP contribution in [-0.4, -0.2) is 5.91 Å². The van der Waals surface area contributed by atoms with E-state index in [0.717, 1.165) is 0 Å². The number of nitriles is 1. The van der Waals surface area contributed by atoms with Gasteiger partial charge in [-0.25, -0.2) is 4.39 Å². The van der Waals surface area contributed by atoms with Crippen LogP contribution in [0.4, 0.5) is 10.1 Å². The second-order valence-electron chi connectivity index (χ2n) is 4.06. The minimum absolute atomic E-state index is 0.335. The van der Waals surface area contributed by atoms with Crippen molar-refractivity contribution >= 4 is 11.6 Å². The molecule has 19 heavy (non-hydrogen) atoms. The van der Waals surface area contributed by atoms with E-state index >= 15 is 0 Å². The first-order chi connectivity index (χ1) is 9.11. The lowest BCUT2D eigenvalue weighted by molar-refractivity contribution is 0.102. The maximum Gasteiger partial charge on any atom is 0.255 e. The summed E-state index contributed by atoms with van der Waals surface area (Å²) in [7, 11) is 0. The summed E-state index contributed by atoms with van der Waals surface area (Å²) < 4.78 is 13.3. The Morgan fingerprint density at radius 3 is 2.53 bits per heavy atom. The number of rotatable bonds is 2. The standard InChI is InChI=1S/C15H11FN2O/c1-10-13(16)3-2-4-14(10)18-15(19)12-7-5-11(9-17)6-8-12/h2-8H,1H3,(H,18,19). The van der Waals surface area contributed by atoms with Crippen molar-refractivity contribution in [3.63, 3.8) is 0 Å². The first-order valence-electron chi connectivity index (χ1n) is 5.68. The molecule has 0 unspecified atom stereocenters. The van der Waals surface area contributed by atoms with Gasteiger partial charge in [-0.2, -0.15) is 5.26 Å². The number of hydrogen-bond acceptors (Lipinski definition) is 2. The fourth-order valence-electron chi connectivity index (χ4n) is 1.63. The molecule has 2 rings (SSSR count). The summed E-state index contributed by atoms with van der Waals surface area (Å²) in [4.78, 5) is 12.0. The Bertz CT molecular complexity index is 657. The van der Waals surface area contributed by atoms with Crippen molar-refractivity contribution in [2.75, 3.05) is 5.32 Å². The van der Waals surface area contributed by atoms with Crippen LogP contribution in [0.1, 0.15) is 21.5 Å². The summed E-state index contributed by atoms with van der Waals surface area (Å²) in [5.41, 5.74) is 1.74. The third kappa shape index (κ3) is 2.78. The molecule has 0 saturated carbocycles. The summed E-state index contributed by atoms with van der Waals surface area (Å²) in [6, 6.07) is 12.7. The predicted octanol–water partition coefficient (Wildman–Crippen LogP) is 3.26. The smallest absolute Gasteiger partial charge is 0.255 e. The van der Waals surface area contributed by atoms with Crippen LogP contribution in [0.15, 0.2) is 42.5 Å². The molecule has 0 bridgehead atoms. The molecule has 0 aromatic heterocycles. The van der Waals surface area contributed by atoms with E-state index in [1.54, 1.807) is 37.3 Å². The van der Waals surface area contributed by atoms with E-state index < -0.39 is 0 Å². The molecule has 3 nitrogen and oxygen atoms in total. The van der Waals surface area contributed by atoms with Crippen molar-refractivity contribution in [1.82, 2.24) is 0 Å². The topological polar surface area (TPSA) is 52.9 Å². The maximum atomic E-state index is 13.3. The number of halogens is 1. The van der Waals surface area contributed by atoms with Gasteiger partial charge in [-0.15, -0.1) is 0 Å². The molecule has 2 aromatic rings. The van der Waals surface area contributed by atoms with Crippen LogP contribution in [0.5, 0.6) is 0 Å². The quantitative estimate of drug-likeness (QED) is 0.894. The number of anilines is 1. The van der Waals surface area contributed by atoms with E-state index in [-0.39, 0.29) is 11.7 Å². The molecule has 0 spiro atoms. The zero-order valence-electron chi connectivity index (χ0n) is 10.3. The molecule has 0 heterocycles. The van der Waals surface area contributed by atoms with Gasteiger partial charge in [0.15, 0.2) is 0 Å². The van der Waals surface area contributed by atoms with Gasteiger partial charge in [0.1, 0.15) is 5.82 Å². The number of carbonyl (C=O) groups excluding carboxylic acids is 1. The molecule has 0 aliphatic heterocycles. The van der Waals surface area contributed by atoms with Gasteiger partial charge in [0.05, 0.1) is 11.6 Å². The summed E-state index contributed by atoms with van der Waals surface area (Å²) in [6.07, 6.45) is 0. The predicted molar refractivity (Wildman–Crippen MR) is 70.2 cm³/mol. The lowest BCUT2D eigenvalue weighted by atomic mass is 10.1. The lowest BCUT2D eigenvalue weighted by Gasteiger charge is -2.08. The van der Waals surface area contributed by atoms with Gasteiger partial charge in [0, 0.05) is 16.8 Å². The van der Waals surface area contributed by atoms with E-state index in [0.29, 0.717) is 22.4 Å². The number of nitrogens with one attached hydrogen (secondary N) is 1. The van der Waals surface area contributed by atoms with Crippen LogP contribution in [-0.2, 0) is 0 Å². The van der Waals surface area contributed by atoms with Crippen LogP contribution in [0.3, 0.4) is 0 Å². The van der Waals surface area contributed by atoms with Gasteiger partial charge in [0.2, 0.25) is 0 Å². The monoisotopic (exact) mass is 254 g/mol. The third-order valence-corrected chi connectivity index (χ3v) is 2.79. The second kappa shape index (κ2) is 5.32. The van der Waals surface area contributed by atoms with Gasteiger partial charge in [0.25, 0.3) is 5.91 Å². The van der Waals surface area contributed by atoms with Gasteiger partial charge in [-0.1, -0.05) is 6.07 Å². The Morgan fingerprint density at radius 1 is 1.21 bits per heavy atom. The third-order valence-electron chi connectivity index (χ3n) is 2.79. The van der Waals surface area contributed by atoms with Gasteiger partial charge in [-0.3, -0.25) is 4.79 Å². The maximum absolute atomic E-state index is 13.3. The molecule has 4 heteroatoms. The molecule has 1 amide bonds. The molecule has 94 valence electrons. The fraction of sp³-hybridized carbons (Fsp3) is 0.0667. The molecule has 0 saturated heterocycles. The Kier molecular flexibility index (Phi) is 3.58. The Hall–Kier alpha value is -2.67. The number of amides is 1. The highest BCUT2D eigenvalue weighted by Crippen LogP contribution is 2.18. The molecular formula is C15H11FN2O. The Balaban J connectivity index is 2.21. The number of carbonyl (C=O) groups is 1. The van der Waals surface area contributed by atoms with Crippen molar-refractivity contribution in [2.24, 2.45) is 0 Å². The molecule has 1 N–H and O–H groups in total. The first kappa shape index (κ1) is 12.8. The normalized spacial score (nSPS) is 9.74. The molecule has 2 aromatic carbocycles. The highest BCUT2D eigenvalue weighted by atomic mass is 19.1. The molecule has 0 radical (unpaired) electrons. The SMILES string of the molecule is Cc1c(F)cccc1NC(=O)c1ccc(C#N)cc1. The van der Waals surface area contributed by atoms with E-state index in [9.17, 15) is 9.18 Å². The summed E-state index contributed by atoms with van der Waals surface area (Å²) in [5, 5.41) is 11.3. The van der Waals surface area contributed by atoms with E-state index in [4.69, 9.17) is 5.26 Å². The molecule has 0 aliphatic carbocycles. The molecule has 0 fully saturated rings. The van der Waals surface area contributed by atoms with Crippen LogP contribution in [0.25, 0.3) is 0 Å². The minimum Gasteiger partial charge on any atom is -0.322 e. The Morgan fingerprint density at radius 2 is 1.89 bits per heavy atom. The zero-order valence-corrected chi connectivity index (χ0v) is 10.3. The van der Waals surface area contributed by atoms with Crippen molar-refractivity contribution in [3.05, 3.63) is 65.0 Å². The zero-order chi connectivity index (χ0) is 13.8. The largest absolute Gasteiger partial charge is 0.322 e. The summed E-state index contributed by atoms with van der Waals surface area (Å²) in [6.45, 7) is 1.60. The average molecular weight is 254 g/mol. The average Bonchev–Trinajstić information content (AvgIpc) is 2.44. The van der Waals surface area contributed by atoms with Crippen molar-refractivity contribution < 1.29 is 9.18 Å². The van der Waals surface area contributed by atoms with E-state index in [1.807, 2.05) is 6.07 Å². The van der Waals surface area contributed by atoms with E-state index in [2.05, 4.69) is 5.32 Å². The highest BCUT2D eigenvalue weighted by Gasteiger charge is 2.09. The van der Waals surface area contributed by atoms with Crippen molar-refractivity contribution in [3.8, 4) is 6.07 Å². The van der Waals surface area contributed by atoms with Crippen molar-refractivity contribution in [1.29, 1.82) is 5.26 Å². The van der Waals surface area contributed by atoms with Crippen LogP contribution < -0.4 is 5.32 Å². The first-order valence-corrected chi connectivity index (χ1v) is 5.68. The van der Waals surface area contributed by atoms with Crippen LogP contribution in [0, 0.1) is 24.1 Å². The van der Waals surface area contributed by atoms with Crippen LogP contribution >= 0.6 is 0 Å². The second-order valence-corrected chi connectivity index (χ2v) is 4.06. The summed E-state index contributed by atoms with van der Waals surface area (Å²) in [5.74, 6) is -0.698. The van der Waals surface area contributed by atoms with Gasteiger partial charge < -0.3 is 5.32 Å². The van der Waals surface area contributed by atoms with E-state index in [1.165, 1.54) is 12.1 Å². The number of benzene rings is 2. The summed E-state index contributed by atoms with van der Waals surface area (Å²) >= 11 is 0. The molecular weight excluding hydrogens is 243 g/mol. The number of hydrogen-bond donors (Lipinski definition) is 1. The molecule has 0 atom stereocenters. The number of nitrogens with zero attached hydrogens (tertiary/aromatic N) is 1. The van der Waals surface area contributed by atoms with Crippen molar-refractivity contribution in [2.45, 2.75) is 6.92 Å². The minimum atomic E-state index is -0.363. The fourth-order valence-corrected chi connectivity index (χ4v) is 1.63. The highest BCUT2D eigenvalue weighted by molar-refractivity contribution is 6.04. The Labute approximate surface area is 110 Å². The molecule has 0 aliphatic rings.